The molecule has 0 radical (unpaired) electrons. The molecule has 2 aromatic rings. The van der Waals surface area contributed by atoms with Gasteiger partial charge in [0.15, 0.2) is 11.5 Å². The average Bonchev–Trinajstić information content (AvgIpc) is 2.81. The second-order valence-corrected chi connectivity index (χ2v) is 5.82. The number of hydrogen-bond donors (Lipinski definition) is 1. The standard InChI is InChI=1S/C18H18ClNO4/c1-22-14-5-3-13(4-6-14)20-17(21)11-12-9-15(19)18-16(10-12)23-7-2-8-24-18/h3-6,9-10H,2,7-8,11H2,1H3,(H,20,21). The van der Waals surface area contributed by atoms with Crippen molar-refractivity contribution < 1.29 is 19.0 Å². The molecular weight excluding hydrogens is 330 g/mol. The molecule has 1 aliphatic heterocycles. The molecule has 0 aromatic heterocycles. The second kappa shape index (κ2) is 7.45. The molecule has 2 aromatic carbocycles. The number of rotatable bonds is 4. The summed E-state index contributed by atoms with van der Waals surface area (Å²) in [6.45, 7) is 1.15. The Morgan fingerprint density at radius 1 is 1.21 bits per heavy atom. The van der Waals surface area contributed by atoms with E-state index < -0.39 is 0 Å². The van der Waals surface area contributed by atoms with Crippen molar-refractivity contribution in [2.24, 2.45) is 0 Å². The SMILES string of the molecule is COc1ccc(NC(=O)Cc2cc(Cl)c3c(c2)OCCCO3)cc1. The Balaban J connectivity index is 1.69. The van der Waals surface area contributed by atoms with E-state index in [1.165, 1.54) is 0 Å². The summed E-state index contributed by atoms with van der Waals surface area (Å²) in [6, 6.07) is 10.7. The first-order chi connectivity index (χ1) is 11.7. The molecule has 1 heterocycles. The van der Waals surface area contributed by atoms with Gasteiger partial charge in [-0.3, -0.25) is 4.79 Å². The molecule has 0 bridgehead atoms. The van der Waals surface area contributed by atoms with Gasteiger partial charge in [-0.15, -0.1) is 0 Å². The largest absolute Gasteiger partial charge is 0.497 e. The first-order valence-corrected chi connectivity index (χ1v) is 8.05. The molecule has 0 saturated heterocycles. The third kappa shape index (κ3) is 3.92. The second-order valence-electron chi connectivity index (χ2n) is 5.41. The van der Waals surface area contributed by atoms with Gasteiger partial charge in [0, 0.05) is 12.1 Å². The lowest BCUT2D eigenvalue weighted by Gasteiger charge is -2.12. The summed E-state index contributed by atoms with van der Waals surface area (Å²) in [7, 11) is 1.60. The Morgan fingerprint density at radius 2 is 1.96 bits per heavy atom. The number of carbonyl (C=O) groups is 1. The van der Waals surface area contributed by atoms with Crippen molar-refractivity contribution >= 4 is 23.2 Å². The van der Waals surface area contributed by atoms with E-state index in [0.717, 1.165) is 17.7 Å². The van der Waals surface area contributed by atoms with E-state index in [1.54, 1.807) is 43.5 Å². The molecule has 24 heavy (non-hydrogen) atoms. The fourth-order valence-electron chi connectivity index (χ4n) is 2.45. The lowest BCUT2D eigenvalue weighted by atomic mass is 10.1. The molecule has 0 aliphatic carbocycles. The van der Waals surface area contributed by atoms with Crippen molar-refractivity contribution in [2.75, 3.05) is 25.6 Å². The summed E-state index contributed by atoms with van der Waals surface area (Å²) in [5.74, 6) is 1.74. The minimum atomic E-state index is -0.134. The zero-order chi connectivity index (χ0) is 16.9. The summed E-state index contributed by atoms with van der Waals surface area (Å²) in [5, 5.41) is 3.30. The summed E-state index contributed by atoms with van der Waals surface area (Å²) in [4.78, 5) is 12.2. The van der Waals surface area contributed by atoms with Crippen LogP contribution in [0.3, 0.4) is 0 Å². The molecule has 0 atom stereocenters. The first kappa shape index (κ1) is 16.5. The van der Waals surface area contributed by atoms with Crippen molar-refractivity contribution in [1.82, 2.24) is 0 Å². The summed E-state index contributed by atoms with van der Waals surface area (Å²) in [6.07, 6.45) is 1.00. The quantitative estimate of drug-likeness (QED) is 0.916. The molecule has 3 rings (SSSR count). The normalized spacial score (nSPS) is 13.1. The van der Waals surface area contributed by atoms with Crippen LogP contribution in [0.2, 0.25) is 5.02 Å². The third-order valence-electron chi connectivity index (χ3n) is 3.60. The Labute approximate surface area is 145 Å². The molecule has 0 fully saturated rings. The van der Waals surface area contributed by atoms with E-state index in [0.29, 0.717) is 35.4 Å². The number of halogens is 1. The monoisotopic (exact) mass is 347 g/mol. The minimum Gasteiger partial charge on any atom is -0.497 e. The van der Waals surface area contributed by atoms with Crippen molar-refractivity contribution in [1.29, 1.82) is 0 Å². The molecule has 1 aliphatic rings. The average molecular weight is 348 g/mol. The molecule has 0 saturated carbocycles. The van der Waals surface area contributed by atoms with Gasteiger partial charge < -0.3 is 19.5 Å². The number of methoxy groups -OCH3 is 1. The number of ether oxygens (including phenoxy) is 3. The molecule has 1 amide bonds. The van der Waals surface area contributed by atoms with Crippen LogP contribution < -0.4 is 19.5 Å². The highest BCUT2D eigenvalue weighted by Gasteiger charge is 2.16. The van der Waals surface area contributed by atoms with Crippen molar-refractivity contribution in [3.05, 3.63) is 47.0 Å². The molecule has 6 heteroatoms. The Morgan fingerprint density at radius 3 is 2.71 bits per heavy atom. The van der Waals surface area contributed by atoms with Crippen LogP contribution in [-0.2, 0) is 11.2 Å². The van der Waals surface area contributed by atoms with Crippen LogP contribution in [0, 0.1) is 0 Å². The Hall–Kier alpha value is -2.40. The summed E-state index contributed by atoms with van der Waals surface area (Å²) in [5.41, 5.74) is 1.48. The molecule has 0 unspecified atom stereocenters. The van der Waals surface area contributed by atoms with E-state index in [2.05, 4.69) is 5.32 Å². The van der Waals surface area contributed by atoms with E-state index in [-0.39, 0.29) is 12.3 Å². The van der Waals surface area contributed by atoms with Crippen LogP contribution in [0.4, 0.5) is 5.69 Å². The minimum absolute atomic E-state index is 0.134. The van der Waals surface area contributed by atoms with Crippen LogP contribution in [0.15, 0.2) is 36.4 Å². The number of carbonyl (C=O) groups excluding carboxylic acids is 1. The van der Waals surface area contributed by atoms with Gasteiger partial charge in [-0.1, -0.05) is 11.6 Å². The number of hydrogen-bond acceptors (Lipinski definition) is 4. The number of nitrogens with one attached hydrogen (secondary N) is 1. The van der Waals surface area contributed by atoms with Gasteiger partial charge in [-0.25, -0.2) is 0 Å². The molecule has 0 spiro atoms. The van der Waals surface area contributed by atoms with Gasteiger partial charge >= 0.3 is 0 Å². The fourth-order valence-corrected chi connectivity index (χ4v) is 2.74. The summed E-state index contributed by atoms with van der Waals surface area (Å²) < 4.78 is 16.3. The summed E-state index contributed by atoms with van der Waals surface area (Å²) >= 11 is 6.25. The number of amides is 1. The van der Waals surface area contributed by atoms with Gasteiger partial charge in [0.25, 0.3) is 0 Å². The lowest BCUT2D eigenvalue weighted by molar-refractivity contribution is -0.115. The maximum atomic E-state index is 12.2. The van der Waals surface area contributed by atoms with Crippen LogP contribution in [0.25, 0.3) is 0 Å². The fraction of sp³-hybridized carbons (Fsp3) is 0.278. The van der Waals surface area contributed by atoms with Crippen LogP contribution in [0.5, 0.6) is 17.2 Å². The zero-order valence-electron chi connectivity index (χ0n) is 13.3. The van der Waals surface area contributed by atoms with E-state index in [1.807, 2.05) is 0 Å². The maximum absolute atomic E-state index is 12.2. The Bertz CT molecular complexity index is 731. The van der Waals surface area contributed by atoms with Crippen molar-refractivity contribution in [3.8, 4) is 17.2 Å². The number of benzene rings is 2. The zero-order valence-corrected chi connectivity index (χ0v) is 14.1. The highest BCUT2D eigenvalue weighted by molar-refractivity contribution is 6.32. The predicted octanol–water partition coefficient (Wildman–Crippen LogP) is 3.69. The van der Waals surface area contributed by atoms with Gasteiger partial charge in [-0.05, 0) is 42.0 Å². The van der Waals surface area contributed by atoms with Crippen LogP contribution in [-0.4, -0.2) is 26.2 Å². The molecule has 126 valence electrons. The van der Waals surface area contributed by atoms with E-state index in [4.69, 9.17) is 25.8 Å². The van der Waals surface area contributed by atoms with Crippen molar-refractivity contribution in [2.45, 2.75) is 12.8 Å². The van der Waals surface area contributed by atoms with E-state index in [9.17, 15) is 4.79 Å². The maximum Gasteiger partial charge on any atom is 0.228 e. The topological polar surface area (TPSA) is 56.8 Å². The molecule has 1 N–H and O–H groups in total. The van der Waals surface area contributed by atoms with Gasteiger partial charge in [-0.2, -0.15) is 0 Å². The molecule has 5 nitrogen and oxygen atoms in total. The highest BCUT2D eigenvalue weighted by atomic mass is 35.5. The van der Waals surface area contributed by atoms with Crippen LogP contribution >= 0.6 is 11.6 Å². The first-order valence-electron chi connectivity index (χ1n) is 7.67. The van der Waals surface area contributed by atoms with Crippen molar-refractivity contribution in [3.63, 3.8) is 0 Å². The number of anilines is 1. The van der Waals surface area contributed by atoms with Crippen LogP contribution in [0.1, 0.15) is 12.0 Å². The van der Waals surface area contributed by atoms with Gasteiger partial charge in [0.2, 0.25) is 5.91 Å². The third-order valence-corrected chi connectivity index (χ3v) is 3.88. The van der Waals surface area contributed by atoms with Gasteiger partial charge in [0.05, 0.1) is 31.8 Å². The predicted molar refractivity (Wildman–Crippen MR) is 92.4 cm³/mol. The smallest absolute Gasteiger partial charge is 0.228 e. The number of fused-ring (bicyclic) bond motifs is 1. The van der Waals surface area contributed by atoms with Gasteiger partial charge in [0.1, 0.15) is 5.75 Å². The molecular formula is C18H18ClNO4. The van der Waals surface area contributed by atoms with E-state index >= 15 is 0 Å². The highest BCUT2D eigenvalue weighted by Crippen LogP contribution is 2.38. The Kier molecular flexibility index (Phi) is 5.11. The lowest BCUT2D eigenvalue weighted by Crippen LogP contribution is -2.14.